The van der Waals surface area contributed by atoms with Crippen LogP contribution in [0.5, 0.6) is 5.75 Å². The van der Waals surface area contributed by atoms with Gasteiger partial charge in [0.05, 0.1) is 7.11 Å². The first-order chi connectivity index (χ1) is 8.42. The minimum Gasteiger partial charge on any atom is -0.497 e. The van der Waals surface area contributed by atoms with Gasteiger partial charge in [0.2, 0.25) is 0 Å². The number of hydrogen-bond donors (Lipinski definition) is 0. The molecule has 0 atom stereocenters. The Morgan fingerprint density at radius 1 is 1.22 bits per heavy atom. The number of benzene rings is 1. The van der Waals surface area contributed by atoms with Gasteiger partial charge in [-0.3, -0.25) is 4.79 Å². The lowest BCUT2D eigenvalue weighted by molar-refractivity contribution is 0.0984. The van der Waals surface area contributed by atoms with E-state index in [1.807, 2.05) is 0 Å². The summed E-state index contributed by atoms with van der Waals surface area (Å²) in [7, 11) is 1.61. The van der Waals surface area contributed by atoms with Crippen LogP contribution >= 0.6 is 0 Å². The van der Waals surface area contributed by atoms with E-state index in [-0.39, 0.29) is 11.2 Å². The van der Waals surface area contributed by atoms with Gasteiger partial charge in [-0.05, 0) is 45.0 Å². The van der Waals surface area contributed by atoms with Crippen molar-refractivity contribution >= 4 is 5.78 Å². The van der Waals surface area contributed by atoms with Crippen molar-refractivity contribution in [2.45, 2.75) is 33.6 Å². The first kappa shape index (κ1) is 14.3. The molecule has 1 aromatic carbocycles. The first-order valence-electron chi connectivity index (χ1n) is 6.09. The van der Waals surface area contributed by atoms with Gasteiger partial charge in [-0.25, -0.2) is 0 Å². The molecule has 2 heteroatoms. The predicted molar refractivity (Wildman–Crippen MR) is 73.8 cm³/mol. The zero-order chi connectivity index (χ0) is 13.6. The Labute approximate surface area is 109 Å². The van der Waals surface area contributed by atoms with E-state index in [9.17, 15) is 4.79 Å². The van der Waals surface area contributed by atoms with E-state index in [2.05, 4.69) is 32.6 Å². The Bertz CT molecular complexity index is 453. The molecular weight excluding hydrogens is 224 g/mol. The van der Waals surface area contributed by atoms with Crippen LogP contribution < -0.4 is 4.74 Å². The number of ether oxygens (including phenoxy) is 1. The highest BCUT2D eigenvalue weighted by Gasteiger charge is 2.06. The van der Waals surface area contributed by atoms with Crippen LogP contribution in [0.2, 0.25) is 0 Å². The van der Waals surface area contributed by atoms with Crippen molar-refractivity contribution in [2.75, 3.05) is 7.11 Å². The maximum atomic E-state index is 11.9. The van der Waals surface area contributed by atoms with Gasteiger partial charge in [-0.15, -0.1) is 5.92 Å². The second-order valence-corrected chi connectivity index (χ2v) is 5.20. The van der Waals surface area contributed by atoms with Crippen LogP contribution in [0.4, 0.5) is 0 Å². The molecule has 0 saturated carbocycles. The van der Waals surface area contributed by atoms with Gasteiger partial charge < -0.3 is 4.74 Å². The van der Waals surface area contributed by atoms with E-state index in [0.717, 1.165) is 5.75 Å². The van der Waals surface area contributed by atoms with Crippen molar-refractivity contribution in [3.8, 4) is 17.6 Å². The normalized spacial score (nSPS) is 10.4. The van der Waals surface area contributed by atoms with Crippen molar-refractivity contribution < 1.29 is 9.53 Å². The quantitative estimate of drug-likeness (QED) is 0.596. The summed E-state index contributed by atoms with van der Waals surface area (Å²) in [6.45, 7) is 6.18. The lowest BCUT2D eigenvalue weighted by Gasteiger charge is -2.06. The number of carbonyl (C=O) groups is 1. The lowest BCUT2D eigenvalue weighted by atomic mass is 9.97. The highest BCUT2D eigenvalue weighted by atomic mass is 16.5. The minimum absolute atomic E-state index is 0.00314. The third-order valence-corrected chi connectivity index (χ3v) is 2.35. The van der Waals surface area contributed by atoms with Crippen molar-refractivity contribution in [1.29, 1.82) is 0 Å². The molecule has 0 N–H and O–H groups in total. The lowest BCUT2D eigenvalue weighted by Crippen LogP contribution is -2.00. The van der Waals surface area contributed by atoms with E-state index in [1.165, 1.54) is 0 Å². The standard InChI is InChI=1S/C16H20O2/c1-16(2,3)12-6-5-7-15(17)13-8-10-14(18-4)11-9-13/h8-11H,5,7H2,1-4H3. The third kappa shape index (κ3) is 5.05. The SMILES string of the molecule is COc1ccc(C(=O)CCC#CC(C)(C)C)cc1. The number of rotatable bonds is 4. The summed E-state index contributed by atoms with van der Waals surface area (Å²) in [5.74, 6) is 7.07. The molecule has 0 saturated heterocycles. The summed E-state index contributed by atoms with van der Waals surface area (Å²) in [5, 5.41) is 0. The fraction of sp³-hybridized carbons (Fsp3) is 0.438. The monoisotopic (exact) mass is 244 g/mol. The van der Waals surface area contributed by atoms with Gasteiger partial charge >= 0.3 is 0 Å². The highest BCUT2D eigenvalue weighted by molar-refractivity contribution is 5.96. The maximum absolute atomic E-state index is 11.9. The van der Waals surface area contributed by atoms with Gasteiger partial charge in [0, 0.05) is 23.8 Å². The third-order valence-electron chi connectivity index (χ3n) is 2.35. The highest BCUT2D eigenvalue weighted by Crippen LogP contribution is 2.14. The summed E-state index contributed by atoms with van der Waals surface area (Å²) in [6.07, 6.45) is 1.08. The topological polar surface area (TPSA) is 26.3 Å². The fourth-order valence-electron chi connectivity index (χ4n) is 1.42. The number of Topliss-reactive ketones (excluding diaryl/α,β-unsaturated/α-hetero) is 1. The Morgan fingerprint density at radius 3 is 2.33 bits per heavy atom. The molecule has 0 spiro atoms. The number of ketones is 1. The van der Waals surface area contributed by atoms with Crippen LogP contribution in [0.3, 0.4) is 0 Å². The van der Waals surface area contributed by atoms with Crippen molar-refractivity contribution in [3.63, 3.8) is 0 Å². The smallest absolute Gasteiger partial charge is 0.163 e. The van der Waals surface area contributed by atoms with Crippen molar-refractivity contribution in [2.24, 2.45) is 5.41 Å². The summed E-state index contributed by atoms with van der Waals surface area (Å²) in [4.78, 5) is 11.9. The van der Waals surface area contributed by atoms with E-state index in [4.69, 9.17) is 4.74 Å². The van der Waals surface area contributed by atoms with Crippen molar-refractivity contribution in [1.82, 2.24) is 0 Å². The van der Waals surface area contributed by atoms with Crippen LogP contribution in [0.25, 0.3) is 0 Å². The molecule has 0 aliphatic carbocycles. The van der Waals surface area contributed by atoms with Gasteiger partial charge in [-0.1, -0.05) is 5.92 Å². The van der Waals surface area contributed by atoms with E-state index < -0.39 is 0 Å². The van der Waals surface area contributed by atoms with Crippen molar-refractivity contribution in [3.05, 3.63) is 29.8 Å². The predicted octanol–water partition coefficient (Wildman–Crippen LogP) is 3.71. The molecule has 0 amide bonds. The largest absolute Gasteiger partial charge is 0.497 e. The maximum Gasteiger partial charge on any atom is 0.163 e. The molecule has 0 radical (unpaired) electrons. The molecule has 0 aliphatic rings. The van der Waals surface area contributed by atoms with Gasteiger partial charge in [0.15, 0.2) is 5.78 Å². The number of hydrogen-bond acceptors (Lipinski definition) is 2. The minimum atomic E-state index is 0.00314. The molecule has 96 valence electrons. The Balaban J connectivity index is 2.52. The van der Waals surface area contributed by atoms with Gasteiger partial charge in [-0.2, -0.15) is 0 Å². The van der Waals surface area contributed by atoms with Crippen LogP contribution in [-0.2, 0) is 0 Å². The zero-order valence-electron chi connectivity index (χ0n) is 11.5. The van der Waals surface area contributed by atoms with E-state index in [0.29, 0.717) is 18.4 Å². The molecule has 0 bridgehead atoms. The Hall–Kier alpha value is -1.75. The summed E-state index contributed by atoms with van der Waals surface area (Å²) in [5.41, 5.74) is 0.719. The van der Waals surface area contributed by atoms with Crippen LogP contribution in [0.1, 0.15) is 44.0 Å². The van der Waals surface area contributed by atoms with Gasteiger partial charge in [0.25, 0.3) is 0 Å². The molecule has 18 heavy (non-hydrogen) atoms. The molecule has 0 fully saturated rings. The molecule has 0 heterocycles. The molecule has 0 aromatic heterocycles. The molecule has 1 rings (SSSR count). The molecule has 0 unspecified atom stereocenters. The van der Waals surface area contributed by atoms with E-state index >= 15 is 0 Å². The Kier molecular flexibility index (Phi) is 4.97. The van der Waals surface area contributed by atoms with Crippen LogP contribution in [0, 0.1) is 17.3 Å². The number of methoxy groups -OCH3 is 1. The van der Waals surface area contributed by atoms with E-state index in [1.54, 1.807) is 31.4 Å². The second kappa shape index (κ2) is 6.26. The number of carbonyl (C=O) groups excluding carboxylic acids is 1. The summed E-state index contributed by atoms with van der Waals surface area (Å²) >= 11 is 0. The van der Waals surface area contributed by atoms with Crippen LogP contribution in [-0.4, -0.2) is 12.9 Å². The Morgan fingerprint density at radius 2 is 1.83 bits per heavy atom. The molecular formula is C16H20O2. The molecule has 0 aliphatic heterocycles. The summed E-state index contributed by atoms with van der Waals surface area (Å²) < 4.78 is 5.05. The molecule has 1 aromatic rings. The zero-order valence-corrected chi connectivity index (χ0v) is 11.5. The van der Waals surface area contributed by atoms with Gasteiger partial charge in [0.1, 0.15) is 5.75 Å². The second-order valence-electron chi connectivity index (χ2n) is 5.20. The van der Waals surface area contributed by atoms with Crippen LogP contribution in [0.15, 0.2) is 24.3 Å². The molecule has 2 nitrogen and oxygen atoms in total. The first-order valence-corrected chi connectivity index (χ1v) is 6.09. The summed E-state index contributed by atoms with van der Waals surface area (Å²) in [6, 6.07) is 7.18. The average molecular weight is 244 g/mol. The fourth-order valence-corrected chi connectivity index (χ4v) is 1.42. The average Bonchev–Trinajstić information content (AvgIpc) is 2.33.